The Kier molecular flexibility index (Phi) is 9.82. The normalized spacial score (nSPS) is 12.2. The predicted octanol–water partition coefficient (Wildman–Crippen LogP) is 0.810. The van der Waals surface area contributed by atoms with Gasteiger partial charge in [-0.3, -0.25) is 4.79 Å². The van der Waals surface area contributed by atoms with E-state index in [9.17, 15) is 4.79 Å². The molecule has 0 aromatic carbocycles. The van der Waals surface area contributed by atoms with Gasteiger partial charge in [-0.25, -0.2) is 0 Å². The molecule has 1 atom stereocenters. The highest BCUT2D eigenvalue weighted by Crippen LogP contribution is 2.11. The number of hydrogen-bond donors (Lipinski definition) is 1. The highest BCUT2D eigenvalue weighted by molar-refractivity contribution is 7.80. The lowest BCUT2D eigenvalue weighted by Crippen LogP contribution is -2.44. The lowest BCUT2D eigenvalue weighted by atomic mass is 10.0. The average Bonchev–Trinajstić information content (AvgIpc) is 2.35. The minimum atomic E-state index is -0.376. The lowest BCUT2D eigenvalue weighted by molar-refractivity contribution is -0.134. The van der Waals surface area contributed by atoms with Crippen molar-refractivity contribution < 1.29 is 14.3 Å². The fourth-order valence-electron chi connectivity index (χ4n) is 1.63. The Morgan fingerprint density at radius 3 is 2.11 bits per heavy atom. The van der Waals surface area contributed by atoms with Crippen LogP contribution >= 0.6 is 12.2 Å². The van der Waals surface area contributed by atoms with Gasteiger partial charge >= 0.3 is 0 Å². The van der Waals surface area contributed by atoms with Gasteiger partial charge in [0.2, 0.25) is 5.91 Å². The summed E-state index contributed by atoms with van der Waals surface area (Å²) in [4.78, 5) is 14.3. The molecule has 0 aliphatic carbocycles. The van der Waals surface area contributed by atoms with Crippen LogP contribution in [0.15, 0.2) is 0 Å². The van der Waals surface area contributed by atoms with Crippen LogP contribution in [0.25, 0.3) is 0 Å². The van der Waals surface area contributed by atoms with Crippen molar-refractivity contribution in [2.75, 3.05) is 40.5 Å². The first-order valence-corrected chi connectivity index (χ1v) is 6.55. The van der Waals surface area contributed by atoms with Crippen molar-refractivity contribution in [1.82, 2.24) is 4.90 Å². The van der Waals surface area contributed by atoms with E-state index in [0.29, 0.717) is 32.7 Å². The number of nitrogens with two attached hydrogens (primary N) is 1. The third-order valence-corrected chi connectivity index (χ3v) is 2.95. The maximum atomic E-state index is 12.3. The second-order valence-electron chi connectivity index (χ2n) is 4.05. The summed E-state index contributed by atoms with van der Waals surface area (Å²) in [6.45, 7) is 4.05. The number of rotatable bonds is 10. The summed E-state index contributed by atoms with van der Waals surface area (Å²) in [7, 11) is 3.21. The molecule has 0 heterocycles. The van der Waals surface area contributed by atoms with Gasteiger partial charge in [-0.1, -0.05) is 25.6 Å². The number of ether oxygens (including phenoxy) is 2. The Labute approximate surface area is 115 Å². The van der Waals surface area contributed by atoms with Gasteiger partial charge in [0.05, 0.1) is 24.1 Å². The Morgan fingerprint density at radius 1 is 1.28 bits per heavy atom. The van der Waals surface area contributed by atoms with Gasteiger partial charge in [0.15, 0.2) is 0 Å². The second-order valence-corrected chi connectivity index (χ2v) is 4.53. The van der Waals surface area contributed by atoms with Crippen LogP contribution in [0.4, 0.5) is 0 Å². The molecule has 0 aromatic rings. The van der Waals surface area contributed by atoms with Crippen molar-refractivity contribution in [1.29, 1.82) is 0 Å². The molecular weight excluding hydrogens is 252 g/mol. The number of methoxy groups -OCH3 is 2. The van der Waals surface area contributed by atoms with Crippen LogP contribution < -0.4 is 5.73 Å². The predicted molar refractivity (Wildman–Crippen MR) is 75.5 cm³/mol. The number of nitrogens with zero attached hydrogens (tertiary/aromatic N) is 1. The van der Waals surface area contributed by atoms with Crippen molar-refractivity contribution >= 4 is 23.1 Å². The highest BCUT2D eigenvalue weighted by Gasteiger charge is 2.25. The molecule has 18 heavy (non-hydrogen) atoms. The fraction of sp³-hybridized carbons (Fsp3) is 0.833. The molecule has 0 saturated heterocycles. The summed E-state index contributed by atoms with van der Waals surface area (Å²) in [6, 6.07) is 0. The smallest absolute Gasteiger partial charge is 0.232 e. The van der Waals surface area contributed by atoms with E-state index in [1.807, 2.05) is 6.92 Å². The number of carbonyl (C=O) groups is 1. The van der Waals surface area contributed by atoms with E-state index < -0.39 is 0 Å². The molecule has 0 saturated carbocycles. The van der Waals surface area contributed by atoms with E-state index in [4.69, 9.17) is 27.4 Å². The van der Waals surface area contributed by atoms with E-state index in [-0.39, 0.29) is 16.8 Å². The molecule has 2 N–H and O–H groups in total. The summed E-state index contributed by atoms with van der Waals surface area (Å²) < 4.78 is 10.0. The largest absolute Gasteiger partial charge is 0.393 e. The fourth-order valence-corrected chi connectivity index (χ4v) is 1.85. The van der Waals surface area contributed by atoms with Gasteiger partial charge in [0.25, 0.3) is 0 Å². The molecule has 106 valence electrons. The maximum absolute atomic E-state index is 12.3. The number of hydrogen-bond acceptors (Lipinski definition) is 4. The second kappa shape index (κ2) is 10.2. The molecule has 0 aliphatic heterocycles. The zero-order valence-electron chi connectivity index (χ0n) is 11.5. The topological polar surface area (TPSA) is 64.8 Å². The van der Waals surface area contributed by atoms with Crippen molar-refractivity contribution in [3.05, 3.63) is 0 Å². The molecule has 0 rings (SSSR count). The molecular formula is C12H24N2O3S. The monoisotopic (exact) mass is 276 g/mol. The van der Waals surface area contributed by atoms with E-state index in [1.54, 1.807) is 19.1 Å². The quantitative estimate of drug-likeness (QED) is 0.598. The van der Waals surface area contributed by atoms with Crippen LogP contribution in [0.2, 0.25) is 0 Å². The van der Waals surface area contributed by atoms with Crippen LogP contribution in [0.5, 0.6) is 0 Å². The third kappa shape index (κ3) is 6.28. The number of thiocarbonyl (C=S) groups is 1. The van der Waals surface area contributed by atoms with Crippen LogP contribution in [0.3, 0.4) is 0 Å². The van der Waals surface area contributed by atoms with Gasteiger partial charge in [-0.2, -0.15) is 0 Å². The Hall–Kier alpha value is -0.720. The Morgan fingerprint density at radius 2 is 1.78 bits per heavy atom. The standard InChI is InChI=1S/C12H24N2O3S/c1-4-5-10(11(13)18)12(15)14(6-8-16-2)7-9-17-3/h10H,4-9H2,1-3H3,(H2,13,18). The van der Waals surface area contributed by atoms with Gasteiger partial charge in [0.1, 0.15) is 0 Å². The van der Waals surface area contributed by atoms with Gasteiger partial charge in [-0.15, -0.1) is 0 Å². The zero-order valence-corrected chi connectivity index (χ0v) is 12.3. The molecule has 0 aromatic heterocycles. The molecule has 0 fully saturated rings. The Balaban J connectivity index is 4.61. The Bertz CT molecular complexity index is 254. The third-order valence-electron chi connectivity index (χ3n) is 2.66. The maximum Gasteiger partial charge on any atom is 0.232 e. The van der Waals surface area contributed by atoms with Gasteiger partial charge in [-0.05, 0) is 6.42 Å². The minimum absolute atomic E-state index is 0.0292. The SMILES string of the molecule is CCCC(C(=O)N(CCOC)CCOC)C(N)=S. The van der Waals surface area contributed by atoms with Gasteiger partial charge < -0.3 is 20.1 Å². The summed E-state index contributed by atoms with van der Waals surface area (Å²) in [6.07, 6.45) is 1.56. The highest BCUT2D eigenvalue weighted by atomic mass is 32.1. The zero-order chi connectivity index (χ0) is 14.0. The molecule has 0 radical (unpaired) electrons. The molecule has 1 unspecified atom stereocenters. The first-order chi connectivity index (χ1) is 8.58. The van der Waals surface area contributed by atoms with Gasteiger partial charge in [0, 0.05) is 27.3 Å². The van der Waals surface area contributed by atoms with Crippen molar-refractivity contribution in [2.45, 2.75) is 19.8 Å². The van der Waals surface area contributed by atoms with E-state index in [1.165, 1.54) is 0 Å². The number of carbonyl (C=O) groups excluding carboxylic acids is 1. The van der Waals surface area contributed by atoms with E-state index >= 15 is 0 Å². The van der Waals surface area contributed by atoms with Crippen LogP contribution in [0, 0.1) is 5.92 Å². The summed E-state index contributed by atoms with van der Waals surface area (Å²) in [5, 5.41) is 0. The van der Waals surface area contributed by atoms with E-state index in [2.05, 4.69) is 0 Å². The van der Waals surface area contributed by atoms with Crippen molar-refractivity contribution in [3.63, 3.8) is 0 Å². The molecule has 1 amide bonds. The molecule has 0 aliphatic rings. The van der Waals surface area contributed by atoms with Crippen molar-refractivity contribution in [3.8, 4) is 0 Å². The summed E-state index contributed by atoms with van der Waals surface area (Å²) in [5.41, 5.74) is 5.64. The molecule has 0 spiro atoms. The summed E-state index contributed by atoms with van der Waals surface area (Å²) >= 11 is 4.97. The van der Waals surface area contributed by atoms with Crippen LogP contribution in [-0.4, -0.2) is 56.3 Å². The van der Waals surface area contributed by atoms with Crippen LogP contribution in [-0.2, 0) is 14.3 Å². The molecule has 5 nitrogen and oxygen atoms in total. The minimum Gasteiger partial charge on any atom is -0.393 e. The van der Waals surface area contributed by atoms with E-state index in [0.717, 1.165) is 6.42 Å². The molecule has 0 bridgehead atoms. The first-order valence-electron chi connectivity index (χ1n) is 6.14. The van der Waals surface area contributed by atoms with Crippen LogP contribution in [0.1, 0.15) is 19.8 Å². The number of amides is 1. The van der Waals surface area contributed by atoms with Crippen molar-refractivity contribution in [2.24, 2.45) is 11.7 Å². The first kappa shape index (κ1) is 17.3. The molecule has 6 heteroatoms. The lowest BCUT2D eigenvalue weighted by Gasteiger charge is -2.26. The summed E-state index contributed by atoms with van der Waals surface area (Å²) in [5.74, 6) is -0.405. The average molecular weight is 276 g/mol.